The lowest BCUT2D eigenvalue weighted by molar-refractivity contribution is -0.384. The van der Waals surface area contributed by atoms with Crippen LogP contribution in [0.25, 0.3) is 0 Å². The molecule has 0 bridgehead atoms. The molecule has 18 heavy (non-hydrogen) atoms. The predicted octanol–water partition coefficient (Wildman–Crippen LogP) is 3.95. The average molecular weight is 349 g/mol. The summed E-state index contributed by atoms with van der Waals surface area (Å²) in [7, 11) is 0. The molecule has 100 valence electrons. The lowest BCUT2D eigenvalue weighted by Crippen LogP contribution is -2.28. The van der Waals surface area contributed by atoms with Gasteiger partial charge in [0.2, 0.25) is 0 Å². The zero-order valence-corrected chi connectivity index (χ0v) is 10.9. The van der Waals surface area contributed by atoms with E-state index < -0.39 is 22.5 Å². The fourth-order valence-electron chi connectivity index (χ4n) is 0.989. The van der Waals surface area contributed by atoms with Crippen LogP contribution >= 0.6 is 27.5 Å². The Labute approximate surface area is 113 Å². The Morgan fingerprint density at radius 3 is 2.56 bits per heavy atom. The molecule has 0 fully saturated rings. The highest BCUT2D eigenvalue weighted by Crippen LogP contribution is 2.30. The van der Waals surface area contributed by atoms with Gasteiger partial charge in [0.05, 0.1) is 4.92 Å². The molecule has 0 aliphatic heterocycles. The average Bonchev–Trinajstić information content (AvgIpc) is 2.24. The Bertz CT molecular complexity index is 455. The summed E-state index contributed by atoms with van der Waals surface area (Å²) < 4.78 is 41.3. The highest BCUT2D eigenvalue weighted by molar-refractivity contribution is 9.09. The molecule has 0 spiro atoms. The summed E-state index contributed by atoms with van der Waals surface area (Å²) in [5.41, 5.74) is -0.338. The summed E-state index contributed by atoms with van der Waals surface area (Å²) in [6.45, 7) is -0.655. The predicted molar refractivity (Wildman–Crippen MR) is 62.4 cm³/mol. The van der Waals surface area contributed by atoms with Crippen LogP contribution in [-0.4, -0.2) is 22.5 Å². The molecule has 0 radical (unpaired) electrons. The first kappa shape index (κ1) is 15.0. The van der Waals surface area contributed by atoms with Crippen molar-refractivity contribution in [1.29, 1.82) is 0 Å². The molecule has 9 heteroatoms. The van der Waals surface area contributed by atoms with Crippen molar-refractivity contribution >= 4 is 33.2 Å². The van der Waals surface area contributed by atoms with E-state index in [1.807, 2.05) is 0 Å². The number of hydrogen-bond acceptors (Lipinski definition) is 3. The van der Waals surface area contributed by atoms with Crippen molar-refractivity contribution in [2.75, 3.05) is 6.61 Å². The molecular weight excluding hydrogens is 342 g/mol. The van der Waals surface area contributed by atoms with Crippen molar-refractivity contribution in [3.8, 4) is 5.75 Å². The van der Waals surface area contributed by atoms with E-state index >= 15 is 0 Å². The largest absolute Gasteiger partial charge is 0.492 e. The maximum Gasteiger partial charge on any atom is 0.404 e. The van der Waals surface area contributed by atoms with Crippen LogP contribution in [0.4, 0.5) is 18.9 Å². The van der Waals surface area contributed by atoms with Gasteiger partial charge in [0, 0.05) is 12.1 Å². The molecule has 0 N–H and O–H groups in total. The maximum atomic E-state index is 12.2. The molecule has 0 aliphatic rings. The van der Waals surface area contributed by atoms with Crippen molar-refractivity contribution in [3.63, 3.8) is 0 Å². The van der Waals surface area contributed by atoms with Gasteiger partial charge in [-0.15, -0.1) is 0 Å². The number of halogens is 5. The number of nitro groups is 1. The van der Waals surface area contributed by atoms with Gasteiger partial charge in [-0.3, -0.25) is 10.1 Å². The van der Waals surface area contributed by atoms with Crippen LogP contribution in [0, 0.1) is 10.1 Å². The molecule has 1 rings (SSSR count). The molecule has 4 nitrogen and oxygen atoms in total. The van der Waals surface area contributed by atoms with Gasteiger partial charge in [-0.25, -0.2) is 0 Å². The van der Waals surface area contributed by atoms with Crippen molar-refractivity contribution in [2.24, 2.45) is 0 Å². The molecular formula is C9H6BrClF3NO3. The van der Waals surface area contributed by atoms with Gasteiger partial charge in [-0.05, 0) is 6.07 Å². The Balaban J connectivity index is 2.70. The molecule has 1 unspecified atom stereocenters. The zero-order valence-electron chi connectivity index (χ0n) is 8.58. The smallest absolute Gasteiger partial charge is 0.404 e. The molecule has 0 saturated heterocycles. The fraction of sp³-hybridized carbons (Fsp3) is 0.333. The third-order valence-corrected chi connectivity index (χ3v) is 2.95. The number of ether oxygens (including phenoxy) is 1. The van der Waals surface area contributed by atoms with E-state index in [2.05, 4.69) is 15.9 Å². The number of nitrogens with zero attached hydrogens (tertiary/aromatic N) is 1. The van der Waals surface area contributed by atoms with E-state index in [1.54, 1.807) is 0 Å². The lowest BCUT2D eigenvalue weighted by Gasteiger charge is -2.14. The molecule has 0 heterocycles. The Hall–Kier alpha value is -1.02. The molecule has 1 atom stereocenters. The third kappa shape index (κ3) is 4.02. The van der Waals surface area contributed by atoms with Crippen LogP contribution < -0.4 is 4.74 Å². The van der Waals surface area contributed by atoms with Gasteiger partial charge in [0.15, 0.2) is 0 Å². The zero-order chi connectivity index (χ0) is 13.9. The van der Waals surface area contributed by atoms with Crippen molar-refractivity contribution < 1.29 is 22.8 Å². The van der Waals surface area contributed by atoms with Crippen LogP contribution in [0.2, 0.25) is 5.02 Å². The first-order valence-electron chi connectivity index (χ1n) is 4.49. The number of benzene rings is 1. The van der Waals surface area contributed by atoms with Gasteiger partial charge in [-0.1, -0.05) is 27.5 Å². The Morgan fingerprint density at radius 1 is 1.50 bits per heavy atom. The van der Waals surface area contributed by atoms with E-state index in [9.17, 15) is 23.3 Å². The summed E-state index contributed by atoms with van der Waals surface area (Å²) in [5.74, 6) is 0.0271. The minimum absolute atomic E-state index is 0.0271. The van der Waals surface area contributed by atoms with Crippen molar-refractivity contribution in [3.05, 3.63) is 33.3 Å². The van der Waals surface area contributed by atoms with Gasteiger partial charge in [0.1, 0.15) is 22.2 Å². The highest BCUT2D eigenvalue weighted by atomic mass is 79.9. The summed E-state index contributed by atoms with van der Waals surface area (Å²) in [5, 5.41) is 10.3. The molecule has 0 aromatic heterocycles. The summed E-state index contributed by atoms with van der Waals surface area (Å²) in [6.07, 6.45) is -4.43. The van der Waals surface area contributed by atoms with Crippen LogP contribution in [0.3, 0.4) is 0 Å². The second kappa shape index (κ2) is 5.75. The van der Waals surface area contributed by atoms with E-state index in [-0.39, 0.29) is 16.5 Å². The third-order valence-electron chi connectivity index (χ3n) is 1.87. The minimum Gasteiger partial charge on any atom is -0.492 e. The van der Waals surface area contributed by atoms with Crippen LogP contribution in [-0.2, 0) is 0 Å². The molecule has 1 aromatic rings. The molecule has 1 aromatic carbocycles. The van der Waals surface area contributed by atoms with Crippen molar-refractivity contribution in [1.82, 2.24) is 0 Å². The maximum absolute atomic E-state index is 12.2. The summed E-state index contributed by atoms with van der Waals surface area (Å²) in [6, 6.07) is 3.34. The SMILES string of the molecule is O=[N+]([O-])c1ccc(OCC(Br)C(F)(F)F)cc1Cl. The second-order valence-electron chi connectivity index (χ2n) is 3.19. The van der Waals surface area contributed by atoms with Gasteiger partial charge in [0.25, 0.3) is 5.69 Å². The minimum atomic E-state index is -4.43. The quantitative estimate of drug-likeness (QED) is 0.470. The van der Waals surface area contributed by atoms with E-state index in [0.717, 1.165) is 12.1 Å². The Morgan fingerprint density at radius 2 is 2.11 bits per heavy atom. The van der Waals surface area contributed by atoms with Crippen LogP contribution in [0.15, 0.2) is 18.2 Å². The standard InChI is InChI=1S/C9H6BrClF3NO3/c10-8(9(12,13)14)4-18-5-1-2-7(15(16)17)6(11)3-5/h1-3,8H,4H2. The monoisotopic (exact) mass is 347 g/mol. The molecule has 0 aliphatic carbocycles. The Kier molecular flexibility index (Phi) is 4.80. The first-order valence-corrected chi connectivity index (χ1v) is 5.78. The number of rotatable bonds is 4. The number of nitro benzene ring substituents is 1. The second-order valence-corrected chi connectivity index (χ2v) is 4.70. The van der Waals surface area contributed by atoms with Gasteiger partial charge < -0.3 is 4.74 Å². The lowest BCUT2D eigenvalue weighted by atomic mass is 10.3. The van der Waals surface area contributed by atoms with Gasteiger partial charge >= 0.3 is 6.18 Å². The van der Waals surface area contributed by atoms with E-state index in [4.69, 9.17) is 16.3 Å². The van der Waals surface area contributed by atoms with Crippen molar-refractivity contribution in [2.45, 2.75) is 11.0 Å². The summed E-state index contributed by atoms with van der Waals surface area (Å²) >= 11 is 7.99. The summed E-state index contributed by atoms with van der Waals surface area (Å²) in [4.78, 5) is 7.93. The van der Waals surface area contributed by atoms with E-state index in [0.29, 0.717) is 0 Å². The normalized spacial score (nSPS) is 13.2. The van der Waals surface area contributed by atoms with E-state index in [1.165, 1.54) is 6.07 Å². The number of alkyl halides is 4. The van der Waals surface area contributed by atoms with Crippen LogP contribution in [0.5, 0.6) is 5.75 Å². The van der Waals surface area contributed by atoms with Gasteiger partial charge in [-0.2, -0.15) is 13.2 Å². The molecule has 0 amide bonds. The highest BCUT2D eigenvalue weighted by Gasteiger charge is 2.38. The van der Waals surface area contributed by atoms with Crippen LogP contribution in [0.1, 0.15) is 0 Å². The fourth-order valence-corrected chi connectivity index (χ4v) is 1.36. The number of hydrogen-bond donors (Lipinski definition) is 0. The molecule has 0 saturated carbocycles. The topological polar surface area (TPSA) is 52.4 Å². The first-order chi connectivity index (χ1) is 8.21.